The summed E-state index contributed by atoms with van der Waals surface area (Å²) in [6, 6.07) is 2.59. The Hall–Kier alpha value is -1.95. The van der Waals surface area contributed by atoms with Gasteiger partial charge in [0.05, 0.1) is 18.1 Å². The van der Waals surface area contributed by atoms with Crippen molar-refractivity contribution in [2.75, 3.05) is 0 Å². The van der Waals surface area contributed by atoms with Crippen molar-refractivity contribution in [2.45, 2.75) is 43.9 Å². The Morgan fingerprint density at radius 3 is 2.71 bits per heavy atom. The normalized spacial score (nSPS) is 28.3. The van der Waals surface area contributed by atoms with Crippen molar-refractivity contribution in [3.05, 3.63) is 30.1 Å². The van der Waals surface area contributed by atoms with Crippen LogP contribution in [0.5, 0.6) is 0 Å². The number of carbonyl (C=O) groups is 2. The molecule has 3 heterocycles. The lowest BCUT2D eigenvalue weighted by Crippen LogP contribution is -2.46. The number of fused-ring (bicyclic) bond motifs is 2. The van der Waals surface area contributed by atoms with Crippen LogP contribution in [0.2, 0.25) is 0 Å². The highest BCUT2D eigenvalue weighted by atomic mass is 16.5. The number of aromatic nitrogens is 1. The molecule has 0 aromatic carbocycles. The highest BCUT2D eigenvalue weighted by molar-refractivity contribution is 5.85. The van der Waals surface area contributed by atoms with Crippen LogP contribution in [0.1, 0.15) is 24.8 Å². The van der Waals surface area contributed by atoms with Gasteiger partial charge >= 0.3 is 5.97 Å². The Morgan fingerprint density at radius 1 is 1.38 bits per heavy atom. The van der Waals surface area contributed by atoms with Crippen LogP contribution in [0.4, 0.5) is 0 Å². The van der Waals surface area contributed by atoms with Gasteiger partial charge in [-0.3, -0.25) is 9.78 Å². The maximum absolute atomic E-state index is 12.3. The Kier molecular flexibility index (Phi) is 3.88. The van der Waals surface area contributed by atoms with Gasteiger partial charge in [-0.15, -0.1) is 0 Å². The second kappa shape index (κ2) is 5.81. The summed E-state index contributed by atoms with van der Waals surface area (Å²) in [5.74, 6) is -1.43. The van der Waals surface area contributed by atoms with E-state index in [1.165, 1.54) is 0 Å². The van der Waals surface area contributed by atoms with Gasteiger partial charge in [-0.2, -0.15) is 0 Å². The molecule has 4 unspecified atom stereocenters. The minimum atomic E-state index is -1.02. The third-order valence-corrected chi connectivity index (χ3v) is 4.25. The highest BCUT2D eigenvalue weighted by Gasteiger charge is 2.45. The molecule has 1 aromatic heterocycles. The van der Waals surface area contributed by atoms with Crippen molar-refractivity contribution in [3.8, 4) is 0 Å². The van der Waals surface area contributed by atoms with Crippen LogP contribution in [0.25, 0.3) is 0 Å². The van der Waals surface area contributed by atoms with Gasteiger partial charge in [0, 0.05) is 18.8 Å². The number of carbonyl (C=O) groups excluding carboxylic acids is 1. The first kappa shape index (κ1) is 14.0. The van der Waals surface area contributed by atoms with E-state index in [9.17, 15) is 14.7 Å². The summed E-state index contributed by atoms with van der Waals surface area (Å²) < 4.78 is 5.65. The number of carboxylic acids is 1. The van der Waals surface area contributed by atoms with Crippen LogP contribution in [-0.4, -0.2) is 40.2 Å². The third kappa shape index (κ3) is 3.05. The predicted octanol–water partition coefficient (Wildman–Crippen LogP) is 0.761. The van der Waals surface area contributed by atoms with Crippen LogP contribution in [0.15, 0.2) is 24.5 Å². The lowest BCUT2D eigenvalue weighted by atomic mass is 9.88. The van der Waals surface area contributed by atoms with Gasteiger partial charge < -0.3 is 15.2 Å². The van der Waals surface area contributed by atoms with E-state index in [2.05, 4.69) is 10.3 Å². The molecule has 0 radical (unpaired) electrons. The quantitative estimate of drug-likeness (QED) is 0.836. The van der Waals surface area contributed by atoms with E-state index in [0.29, 0.717) is 6.42 Å². The van der Waals surface area contributed by atoms with Crippen LogP contribution in [0, 0.1) is 5.92 Å². The molecule has 112 valence electrons. The molecule has 1 amide bonds. The number of carboxylic acid groups (broad SMARTS) is 1. The molecule has 3 rings (SSSR count). The van der Waals surface area contributed by atoms with E-state index in [-0.39, 0.29) is 30.5 Å². The smallest absolute Gasteiger partial charge is 0.326 e. The topological polar surface area (TPSA) is 88.5 Å². The molecule has 21 heavy (non-hydrogen) atoms. The fourth-order valence-corrected chi connectivity index (χ4v) is 3.15. The van der Waals surface area contributed by atoms with Crippen LogP contribution >= 0.6 is 0 Å². The molecule has 1 aromatic rings. The van der Waals surface area contributed by atoms with E-state index in [1.54, 1.807) is 24.5 Å². The molecule has 2 fully saturated rings. The summed E-state index contributed by atoms with van der Waals surface area (Å²) in [6.45, 7) is 0. The Bertz CT molecular complexity index is 534. The van der Waals surface area contributed by atoms with Crippen molar-refractivity contribution in [3.63, 3.8) is 0 Å². The molecule has 2 N–H and O–H groups in total. The summed E-state index contributed by atoms with van der Waals surface area (Å²) in [5.41, 5.74) is 0.835. The molecule has 6 heteroatoms. The zero-order valence-corrected chi connectivity index (χ0v) is 11.6. The first-order valence-corrected chi connectivity index (χ1v) is 7.21. The lowest BCUT2D eigenvalue weighted by Gasteiger charge is -2.21. The second-order valence-corrected chi connectivity index (χ2v) is 5.68. The minimum Gasteiger partial charge on any atom is -0.480 e. The molecule has 6 nitrogen and oxygen atoms in total. The number of nitrogens with one attached hydrogen (secondary N) is 1. The van der Waals surface area contributed by atoms with Gasteiger partial charge in [-0.1, -0.05) is 0 Å². The minimum absolute atomic E-state index is 0.0367. The number of nitrogens with zero attached hydrogens (tertiary/aromatic N) is 1. The van der Waals surface area contributed by atoms with Gasteiger partial charge in [0.2, 0.25) is 5.91 Å². The molecule has 0 saturated carbocycles. The van der Waals surface area contributed by atoms with Crippen LogP contribution in [-0.2, 0) is 20.7 Å². The predicted molar refractivity (Wildman–Crippen MR) is 73.5 cm³/mol. The average Bonchev–Trinajstić information content (AvgIpc) is 3.10. The fourth-order valence-electron chi connectivity index (χ4n) is 3.15. The number of ether oxygens (including phenoxy) is 1. The van der Waals surface area contributed by atoms with E-state index < -0.39 is 12.0 Å². The third-order valence-electron chi connectivity index (χ3n) is 4.25. The number of pyridine rings is 1. The zero-order valence-electron chi connectivity index (χ0n) is 11.6. The summed E-state index contributed by atoms with van der Waals surface area (Å²) in [7, 11) is 0. The van der Waals surface area contributed by atoms with Crippen LogP contribution < -0.4 is 5.32 Å². The van der Waals surface area contributed by atoms with E-state index in [1.807, 2.05) is 0 Å². The summed E-state index contributed by atoms with van der Waals surface area (Å²) in [5, 5.41) is 11.9. The molecular formula is C15H18N2O4. The highest BCUT2D eigenvalue weighted by Crippen LogP contribution is 2.38. The summed E-state index contributed by atoms with van der Waals surface area (Å²) in [6.07, 6.45) is 6.22. The standard InChI is InChI=1S/C15H18N2O4/c18-14(11-8-10-1-2-13(11)21-10)17-12(15(19)20)7-9-3-5-16-6-4-9/h3-6,10-13H,1-2,7-8H2,(H,17,18)(H,19,20). The van der Waals surface area contributed by atoms with Crippen LogP contribution in [0.3, 0.4) is 0 Å². The van der Waals surface area contributed by atoms with Gasteiger partial charge in [0.25, 0.3) is 0 Å². The van der Waals surface area contributed by atoms with Gasteiger partial charge in [-0.25, -0.2) is 4.79 Å². The molecule has 2 aliphatic heterocycles. The van der Waals surface area contributed by atoms with Gasteiger partial charge in [0.15, 0.2) is 0 Å². The van der Waals surface area contributed by atoms with Crippen molar-refractivity contribution >= 4 is 11.9 Å². The first-order valence-electron chi connectivity index (χ1n) is 7.21. The second-order valence-electron chi connectivity index (χ2n) is 5.68. The lowest BCUT2D eigenvalue weighted by molar-refractivity contribution is -0.142. The van der Waals surface area contributed by atoms with Crippen molar-refractivity contribution < 1.29 is 19.4 Å². The number of rotatable bonds is 5. The van der Waals surface area contributed by atoms with Crippen molar-refractivity contribution in [1.29, 1.82) is 0 Å². The SMILES string of the molecule is O=C(O)C(Cc1ccncc1)NC(=O)C1CC2CCC1O2. The molecule has 0 spiro atoms. The number of hydrogen-bond acceptors (Lipinski definition) is 4. The Morgan fingerprint density at radius 2 is 2.14 bits per heavy atom. The number of hydrogen-bond donors (Lipinski definition) is 2. The van der Waals surface area contributed by atoms with E-state index >= 15 is 0 Å². The Balaban J connectivity index is 1.62. The van der Waals surface area contributed by atoms with Crippen molar-refractivity contribution in [2.24, 2.45) is 5.92 Å². The molecule has 2 saturated heterocycles. The maximum atomic E-state index is 12.3. The van der Waals surface area contributed by atoms with Gasteiger partial charge in [0.1, 0.15) is 6.04 Å². The largest absolute Gasteiger partial charge is 0.480 e. The summed E-state index contributed by atoms with van der Waals surface area (Å²) >= 11 is 0. The monoisotopic (exact) mass is 290 g/mol. The average molecular weight is 290 g/mol. The van der Waals surface area contributed by atoms with E-state index in [0.717, 1.165) is 18.4 Å². The first-order chi connectivity index (χ1) is 10.1. The number of aliphatic carboxylic acids is 1. The molecule has 4 atom stereocenters. The summed E-state index contributed by atoms with van der Waals surface area (Å²) in [4.78, 5) is 27.5. The van der Waals surface area contributed by atoms with Crippen molar-refractivity contribution in [1.82, 2.24) is 10.3 Å². The van der Waals surface area contributed by atoms with E-state index in [4.69, 9.17) is 4.74 Å². The maximum Gasteiger partial charge on any atom is 0.326 e. The molecule has 0 aliphatic carbocycles. The zero-order chi connectivity index (χ0) is 14.8. The molecule has 2 bridgehead atoms. The molecule has 2 aliphatic rings. The Labute approximate surface area is 122 Å². The number of amides is 1. The van der Waals surface area contributed by atoms with Gasteiger partial charge in [-0.05, 0) is 37.0 Å². The molecular weight excluding hydrogens is 272 g/mol. The fraction of sp³-hybridized carbons (Fsp3) is 0.533.